The van der Waals surface area contributed by atoms with E-state index in [1.54, 1.807) is 12.1 Å². The lowest BCUT2D eigenvalue weighted by molar-refractivity contribution is -0.129. The highest BCUT2D eigenvalue weighted by Crippen LogP contribution is 2.32. The summed E-state index contributed by atoms with van der Waals surface area (Å²) in [5.74, 6) is -0.975. The number of phenolic OH excluding ortho intramolecular Hbond substituents is 2. The van der Waals surface area contributed by atoms with Gasteiger partial charge in [-0.05, 0) is 59.0 Å². The monoisotopic (exact) mass is 440 g/mol. The predicted molar refractivity (Wildman–Crippen MR) is 120 cm³/mol. The van der Waals surface area contributed by atoms with Gasteiger partial charge in [-0.15, -0.1) is 0 Å². The molecule has 2 aromatic rings. The van der Waals surface area contributed by atoms with Gasteiger partial charge in [-0.1, -0.05) is 44.2 Å². The SMILES string of the molecule is CC(C)c1ccc(C=C2SC(=O)N(CC(=O)NCCc3ccc(O)c(O)c3)C2=O)cc1. The first kappa shape index (κ1) is 22.4. The molecule has 1 aliphatic rings. The van der Waals surface area contributed by atoms with Gasteiger partial charge in [-0.3, -0.25) is 19.3 Å². The number of rotatable bonds is 7. The lowest BCUT2D eigenvalue weighted by Crippen LogP contribution is -2.40. The van der Waals surface area contributed by atoms with Crippen LogP contribution in [0.3, 0.4) is 0 Å². The maximum Gasteiger partial charge on any atom is 0.294 e. The molecule has 0 spiro atoms. The number of phenols is 2. The molecule has 1 fully saturated rings. The molecule has 0 saturated carbocycles. The molecule has 31 heavy (non-hydrogen) atoms. The van der Waals surface area contributed by atoms with Crippen LogP contribution in [0.4, 0.5) is 4.79 Å². The second-order valence-electron chi connectivity index (χ2n) is 7.51. The second kappa shape index (κ2) is 9.70. The lowest BCUT2D eigenvalue weighted by atomic mass is 10.0. The Kier molecular flexibility index (Phi) is 7.02. The van der Waals surface area contributed by atoms with Crippen LogP contribution in [0.2, 0.25) is 0 Å². The van der Waals surface area contributed by atoms with Gasteiger partial charge in [0.1, 0.15) is 6.54 Å². The second-order valence-corrected chi connectivity index (χ2v) is 8.51. The van der Waals surface area contributed by atoms with Crippen molar-refractivity contribution in [2.45, 2.75) is 26.2 Å². The van der Waals surface area contributed by atoms with Crippen LogP contribution in [-0.4, -0.2) is 45.3 Å². The number of benzene rings is 2. The summed E-state index contributed by atoms with van der Waals surface area (Å²) in [6.07, 6.45) is 2.08. The molecule has 162 valence electrons. The Hall–Kier alpha value is -3.26. The number of imide groups is 1. The van der Waals surface area contributed by atoms with Crippen LogP contribution in [0.15, 0.2) is 47.4 Å². The van der Waals surface area contributed by atoms with E-state index in [9.17, 15) is 24.6 Å². The minimum atomic E-state index is -0.485. The summed E-state index contributed by atoms with van der Waals surface area (Å²) in [4.78, 5) is 38.2. The van der Waals surface area contributed by atoms with E-state index in [1.807, 2.05) is 24.3 Å². The fourth-order valence-electron chi connectivity index (χ4n) is 3.04. The molecule has 0 aliphatic carbocycles. The van der Waals surface area contributed by atoms with Crippen LogP contribution >= 0.6 is 11.8 Å². The fourth-order valence-corrected chi connectivity index (χ4v) is 3.87. The molecule has 3 amide bonds. The zero-order valence-electron chi connectivity index (χ0n) is 17.3. The normalized spacial score (nSPS) is 15.2. The Balaban J connectivity index is 1.55. The maximum absolute atomic E-state index is 12.6. The van der Waals surface area contributed by atoms with Crippen molar-refractivity contribution in [3.05, 3.63) is 64.1 Å². The highest BCUT2D eigenvalue weighted by Gasteiger charge is 2.36. The van der Waals surface area contributed by atoms with Gasteiger partial charge in [-0.25, -0.2) is 0 Å². The van der Waals surface area contributed by atoms with Crippen molar-refractivity contribution in [3.63, 3.8) is 0 Å². The van der Waals surface area contributed by atoms with E-state index in [0.717, 1.165) is 27.8 Å². The number of aromatic hydroxyl groups is 2. The molecule has 0 unspecified atom stereocenters. The van der Waals surface area contributed by atoms with E-state index >= 15 is 0 Å². The highest BCUT2D eigenvalue weighted by molar-refractivity contribution is 8.18. The molecule has 1 aliphatic heterocycles. The van der Waals surface area contributed by atoms with Crippen LogP contribution in [0.5, 0.6) is 11.5 Å². The number of carbonyl (C=O) groups excluding carboxylic acids is 3. The van der Waals surface area contributed by atoms with E-state index in [2.05, 4.69) is 19.2 Å². The maximum atomic E-state index is 12.6. The zero-order valence-corrected chi connectivity index (χ0v) is 18.1. The molecular weight excluding hydrogens is 416 g/mol. The number of carbonyl (C=O) groups is 3. The molecule has 3 N–H and O–H groups in total. The number of hydrogen-bond acceptors (Lipinski definition) is 6. The van der Waals surface area contributed by atoms with Crippen LogP contribution in [0.25, 0.3) is 6.08 Å². The summed E-state index contributed by atoms with van der Waals surface area (Å²) >= 11 is 0.820. The first-order chi connectivity index (χ1) is 14.7. The first-order valence-corrected chi connectivity index (χ1v) is 10.7. The van der Waals surface area contributed by atoms with Crippen LogP contribution in [-0.2, 0) is 16.0 Å². The highest BCUT2D eigenvalue weighted by atomic mass is 32.2. The number of nitrogens with zero attached hydrogens (tertiary/aromatic N) is 1. The van der Waals surface area contributed by atoms with Gasteiger partial charge < -0.3 is 15.5 Å². The number of thioether (sulfide) groups is 1. The summed E-state index contributed by atoms with van der Waals surface area (Å²) in [5, 5.41) is 21.0. The number of amides is 3. The van der Waals surface area contributed by atoms with Gasteiger partial charge >= 0.3 is 0 Å². The average molecular weight is 441 g/mol. The zero-order chi connectivity index (χ0) is 22.5. The van der Waals surface area contributed by atoms with Gasteiger partial charge in [0.25, 0.3) is 11.1 Å². The minimum absolute atomic E-state index is 0.212. The van der Waals surface area contributed by atoms with Crippen LogP contribution in [0, 0.1) is 0 Å². The summed E-state index contributed by atoms with van der Waals surface area (Å²) in [6, 6.07) is 12.2. The summed E-state index contributed by atoms with van der Waals surface area (Å²) in [5.41, 5.74) is 2.73. The lowest BCUT2D eigenvalue weighted by Gasteiger charge is -2.12. The summed E-state index contributed by atoms with van der Waals surface area (Å²) in [6.45, 7) is 4.10. The molecule has 3 rings (SSSR count). The standard InChI is InChI=1S/C23H24N2O5S/c1-14(2)17-6-3-15(4-7-17)12-20-22(29)25(23(30)31-20)13-21(28)24-10-9-16-5-8-18(26)19(27)11-16/h3-8,11-12,14,26-27H,9-10,13H2,1-2H3,(H,24,28). The quantitative estimate of drug-likeness (QED) is 0.448. The first-order valence-electron chi connectivity index (χ1n) is 9.87. The van der Waals surface area contributed by atoms with Gasteiger partial charge in [0, 0.05) is 6.54 Å². The van der Waals surface area contributed by atoms with Crippen LogP contribution in [0.1, 0.15) is 36.5 Å². The minimum Gasteiger partial charge on any atom is -0.504 e. The van der Waals surface area contributed by atoms with E-state index < -0.39 is 17.1 Å². The Morgan fingerprint density at radius 3 is 2.45 bits per heavy atom. The predicted octanol–water partition coefficient (Wildman–Crippen LogP) is 3.62. The molecule has 0 radical (unpaired) electrons. The van der Waals surface area contributed by atoms with Crippen molar-refractivity contribution in [1.29, 1.82) is 0 Å². The summed E-state index contributed by atoms with van der Waals surface area (Å²) in [7, 11) is 0. The smallest absolute Gasteiger partial charge is 0.294 e. The van der Waals surface area contributed by atoms with E-state index in [0.29, 0.717) is 12.3 Å². The number of nitrogens with one attached hydrogen (secondary N) is 1. The third kappa shape index (κ3) is 5.67. The average Bonchev–Trinajstić information content (AvgIpc) is 2.98. The van der Waals surface area contributed by atoms with Crippen LogP contribution < -0.4 is 5.32 Å². The Bertz CT molecular complexity index is 1030. The molecule has 0 bridgehead atoms. The van der Waals surface area contributed by atoms with Crippen molar-refractivity contribution in [2.75, 3.05) is 13.1 Å². The Morgan fingerprint density at radius 2 is 1.81 bits per heavy atom. The molecule has 1 heterocycles. The number of hydrogen-bond donors (Lipinski definition) is 3. The molecule has 8 heteroatoms. The van der Waals surface area contributed by atoms with Gasteiger partial charge in [0.05, 0.1) is 4.91 Å². The molecule has 2 aromatic carbocycles. The molecule has 0 aromatic heterocycles. The molecular formula is C23H24N2O5S. The van der Waals surface area contributed by atoms with E-state index in [4.69, 9.17) is 0 Å². The van der Waals surface area contributed by atoms with Gasteiger partial charge in [-0.2, -0.15) is 0 Å². The largest absolute Gasteiger partial charge is 0.504 e. The van der Waals surface area contributed by atoms with Gasteiger partial charge in [0.15, 0.2) is 11.5 Å². The van der Waals surface area contributed by atoms with Gasteiger partial charge in [0.2, 0.25) is 5.91 Å². The van der Waals surface area contributed by atoms with Crippen molar-refractivity contribution < 1.29 is 24.6 Å². The molecule has 7 nitrogen and oxygen atoms in total. The van der Waals surface area contributed by atoms with Crippen molar-refractivity contribution in [1.82, 2.24) is 10.2 Å². The summed E-state index contributed by atoms with van der Waals surface area (Å²) < 4.78 is 0. The third-order valence-electron chi connectivity index (χ3n) is 4.85. The fraction of sp³-hybridized carbons (Fsp3) is 0.261. The Labute approximate surface area is 184 Å². The van der Waals surface area contributed by atoms with Crippen molar-refractivity contribution in [2.24, 2.45) is 0 Å². The molecule has 0 atom stereocenters. The van der Waals surface area contributed by atoms with Crippen molar-refractivity contribution >= 4 is 34.9 Å². The topological polar surface area (TPSA) is 107 Å². The Morgan fingerprint density at radius 1 is 1.10 bits per heavy atom. The van der Waals surface area contributed by atoms with E-state index in [-0.39, 0.29) is 29.5 Å². The van der Waals surface area contributed by atoms with Crippen molar-refractivity contribution in [3.8, 4) is 11.5 Å². The third-order valence-corrected chi connectivity index (χ3v) is 5.76. The molecule has 1 saturated heterocycles. The van der Waals surface area contributed by atoms with E-state index in [1.165, 1.54) is 17.7 Å².